The molecule has 7 unspecified atom stereocenters. The molecular weight excluding hydrogens is 396 g/mol. The largest absolute Gasteiger partial charge is 0.390 e. The number of fused-ring (bicyclic) bond motifs is 1. The van der Waals surface area contributed by atoms with E-state index < -0.39 is 24.1 Å². The van der Waals surface area contributed by atoms with Crippen LogP contribution in [0.5, 0.6) is 0 Å². The molecule has 3 rings (SSSR count). The highest BCUT2D eigenvalue weighted by molar-refractivity contribution is 5.30. The second kappa shape index (κ2) is 9.24. The van der Waals surface area contributed by atoms with E-state index in [1.165, 1.54) is 18.4 Å². The molecule has 178 valence electrons. The molecule has 0 aromatic carbocycles. The zero-order valence-corrected chi connectivity index (χ0v) is 19.9. The monoisotopic (exact) mass is 438 g/mol. The fourth-order valence-corrected chi connectivity index (χ4v) is 6.41. The zero-order chi connectivity index (χ0) is 23.0. The Morgan fingerprint density at radius 3 is 2.61 bits per heavy atom. The van der Waals surface area contributed by atoms with E-state index in [1.807, 2.05) is 6.92 Å². The molecule has 7 atom stereocenters. The molecule has 3 N–H and O–H groups in total. The van der Waals surface area contributed by atoms with Gasteiger partial charge in [0, 0.05) is 0 Å². The van der Waals surface area contributed by atoms with Crippen LogP contribution in [-0.4, -0.2) is 52.3 Å². The second-order valence-electron chi connectivity index (χ2n) is 11.0. The van der Waals surface area contributed by atoms with E-state index in [0.29, 0.717) is 25.4 Å². The van der Waals surface area contributed by atoms with E-state index in [1.54, 1.807) is 6.08 Å². The Morgan fingerprint density at radius 2 is 1.97 bits per heavy atom. The number of aliphatic hydroxyl groups excluding tert-OH is 2. The van der Waals surface area contributed by atoms with Crippen molar-refractivity contribution in [2.75, 3.05) is 6.61 Å². The van der Waals surface area contributed by atoms with Gasteiger partial charge in [-0.05, 0) is 74.7 Å². The van der Waals surface area contributed by atoms with Crippen LogP contribution in [0.15, 0.2) is 23.8 Å². The molecule has 1 saturated carbocycles. The van der Waals surface area contributed by atoms with E-state index in [0.717, 1.165) is 24.8 Å². The van der Waals surface area contributed by atoms with Crippen molar-refractivity contribution in [3.8, 4) is 0 Å². The molecule has 31 heavy (non-hydrogen) atoms. The van der Waals surface area contributed by atoms with Crippen LogP contribution in [0, 0.1) is 16.7 Å². The van der Waals surface area contributed by atoms with Crippen LogP contribution in [0.1, 0.15) is 79.6 Å². The van der Waals surface area contributed by atoms with Crippen molar-refractivity contribution in [3.63, 3.8) is 0 Å². The molecule has 0 aromatic rings. The third-order valence-corrected chi connectivity index (χ3v) is 8.51. The van der Waals surface area contributed by atoms with Gasteiger partial charge in [-0.1, -0.05) is 38.8 Å². The minimum absolute atomic E-state index is 0.0555. The topological polar surface area (TPSA) is 88.4 Å². The van der Waals surface area contributed by atoms with Gasteiger partial charge in [-0.2, -0.15) is 0 Å². The number of rotatable bonds is 7. The van der Waals surface area contributed by atoms with Crippen LogP contribution in [0.2, 0.25) is 0 Å². The smallest absolute Gasteiger partial charge is 0.186 e. The number of ether oxygens (including phenoxy) is 2. The summed E-state index contributed by atoms with van der Waals surface area (Å²) in [7, 11) is 0. The first-order valence-electron chi connectivity index (χ1n) is 11.8. The second-order valence-corrected chi connectivity index (χ2v) is 11.0. The summed E-state index contributed by atoms with van der Waals surface area (Å²) in [6, 6.07) is 0. The highest BCUT2D eigenvalue weighted by Crippen LogP contribution is 2.60. The average molecular weight is 439 g/mol. The minimum Gasteiger partial charge on any atom is -0.390 e. The molecule has 2 fully saturated rings. The van der Waals surface area contributed by atoms with Gasteiger partial charge in [-0.3, -0.25) is 5.26 Å². The molecule has 6 heteroatoms. The van der Waals surface area contributed by atoms with Crippen molar-refractivity contribution >= 4 is 0 Å². The molecule has 1 saturated heterocycles. The Kier molecular flexibility index (Phi) is 7.41. The molecule has 2 aliphatic carbocycles. The summed E-state index contributed by atoms with van der Waals surface area (Å²) in [5.41, 5.74) is 1.98. The summed E-state index contributed by atoms with van der Waals surface area (Å²) in [5, 5.41) is 29.9. The van der Waals surface area contributed by atoms with Crippen LogP contribution in [-0.2, 0) is 14.4 Å². The first kappa shape index (κ1) is 24.9. The van der Waals surface area contributed by atoms with Gasteiger partial charge >= 0.3 is 0 Å². The molecular formula is C25H42O6. The Morgan fingerprint density at radius 1 is 1.26 bits per heavy atom. The summed E-state index contributed by atoms with van der Waals surface area (Å²) < 4.78 is 11.7. The van der Waals surface area contributed by atoms with Crippen molar-refractivity contribution < 1.29 is 29.8 Å². The van der Waals surface area contributed by atoms with Gasteiger partial charge in [0.15, 0.2) is 6.29 Å². The molecule has 3 aliphatic rings. The van der Waals surface area contributed by atoms with Crippen molar-refractivity contribution in [2.45, 2.75) is 110 Å². The lowest BCUT2D eigenvalue weighted by molar-refractivity contribution is -0.278. The summed E-state index contributed by atoms with van der Waals surface area (Å²) in [5.74, 6) is 0.430. The normalized spacial score (nSPS) is 40.2. The molecule has 1 aliphatic heterocycles. The first-order valence-corrected chi connectivity index (χ1v) is 11.8. The van der Waals surface area contributed by atoms with Crippen LogP contribution in [0.25, 0.3) is 0 Å². The van der Waals surface area contributed by atoms with Gasteiger partial charge in [0.1, 0.15) is 12.2 Å². The van der Waals surface area contributed by atoms with E-state index >= 15 is 0 Å². The molecule has 0 aromatic heterocycles. The Balaban J connectivity index is 1.82. The van der Waals surface area contributed by atoms with Crippen LogP contribution >= 0.6 is 0 Å². The number of allylic oxidation sites excluding steroid dienone is 1. The molecule has 0 amide bonds. The maximum atomic E-state index is 10.3. The first-order chi connectivity index (χ1) is 14.5. The SMILES string of the molecule is C=CC(C)(CCC1=C(C)C(OO)CC2C(C)(C)CCCC12C)OC1OCCC(O)C1O. The zero-order valence-electron chi connectivity index (χ0n) is 19.9. The van der Waals surface area contributed by atoms with Gasteiger partial charge < -0.3 is 19.7 Å². The van der Waals surface area contributed by atoms with Crippen LogP contribution in [0.3, 0.4) is 0 Å². The van der Waals surface area contributed by atoms with E-state index in [9.17, 15) is 15.5 Å². The summed E-state index contributed by atoms with van der Waals surface area (Å²) in [6.07, 6.45) is 4.87. The van der Waals surface area contributed by atoms with E-state index in [2.05, 4.69) is 34.3 Å². The quantitative estimate of drug-likeness (QED) is 0.306. The number of aliphatic hydroxyl groups is 2. The third kappa shape index (κ3) is 4.80. The molecule has 1 heterocycles. The van der Waals surface area contributed by atoms with Gasteiger partial charge in [0.2, 0.25) is 0 Å². The summed E-state index contributed by atoms with van der Waals surface area (Å²) >= 11 is 0. The Labute approximate surface area is 187 Å². The number of hydrogen-bond acceptors (Lipinski definition) is 6. The maximum absolute atomic E-state index is 10.3. The van der Waals surface area contributed by atoms with Crippen molar-refractivity contribution in [1.29, 1.82) is 0 Å². The standard InChI is InChI=1S/C25H42O6/c1-7-24(5,30-22-21(27)18(26)10-14-29-22)13-9-17-16(2)19(31-28)15-20-23(3,4)11-8-12-25(17,20)6/h7,18-22,26-28H,1,8-15H2,2-6H3. The van der Waals surface area contributed by atoms with E-state index in [-0.39, 0.29) is 16.9 Å². The maximum Gasteiger partial charge on any atom is 0.186 e. The lowest BCUT2D eigenvalue weighted by Gasteiger charge is -2.56. The highest BCUT2D eigenvalue weighted by atomic mass is 17.1. The third-order valence-electron chi connectivity index (χ3n) is 8.51. The molecule has 0 bridgehead atoms. The molecule has 0 radical (unpaired) electrons. The average Bonchev–Trinajstić information content (AvgIpc) is 2.70. The lowest BCUT2D eigenvalue weighted by atomic mass is 9.49. The Bertz CT molecular complexity index is 687. The minimum atomic E-state index is -1.07. The predicted octanol–water partition coefficient (Wildman–Crippen LogP) is 4.61. The van der Waals surface area contributed by atoms with Crippen molar-refractivity contribution in [3.05, 3.63) is 23.8 Å². The summed E-state index contributed by atoms with van der Waals surface area (Å²) in [6.45, 7) is 15.4. The Hall–Kier alpha value is -0.760. The van der Waals surface area contributed by atoms with Gasteiger partial charge in [-0.15, -0.1) is 6.58 Å². The summed E-state index contributed by atoms with van der Waals surface area (Å²) in [4.78, 5) is 4.94. The van der Waals surface area contributed by atoms with Crippen molar-refractivity contribution in [1.82, 2.24) is 0 Å². The van der Waals surface area contributed by atoms with Crippen LogP contribution in [0.4, 0.5) is 0 Å². The van der Waals surface area contributed by atoms with E-state index in [4.69, 9.17) is 14.4 Å². The number of hydrogen-bond donors (Lipinski definition) is 3. The van der Waals surface area contributed by atoms with Gasteiger partial charge in [0.05, 0.1) is 18.3 Å². The lowest BCUT2D eigenvalue weighted by Crippen LogP contribution is -2.50. The predicted molar refractivity (Wildman–Crippen MR) is 119 cm³/mol. The highest BCUT2D eigenvalue weighted by Gasteiger charge is 2.52. The van der Waals surface area contributed by atoms with Gasteiger partial charge in [0.25, 0.3) is 0 Å². The van der Waals surface area contributed by atoms with Crippen molar-refractivity contribution in [2.24, 2.45) is 16.7 Å². The fraction of sp³-hybridized carbons (Fsp3) is 0.840. The fourth-order valence-electron chi connectivity index (χ4n) is 6.41. The molecule has 0 spiro atoms. The van der Waals surface area contributed by atoms with Crippen LogP contribution < -0.4 is 0 Å². The van der Waals surface area contributed by atoms with Gasteiger partial charge in [-0.25, -0.2) is 4.89 Å². The molecule has 6 nitrogen and oxygen atoms in total.